The van der Waals surface area contributed by atoms with Crippen LogP contribution in [0.3, 0.4) is 0 Å². The molecule has 2 aromatic heterocycles. The Balaban J connectivity index is 1.73. The van der Waals surface area contributed by atoms with Gasteiger partial charge < -0.3 is 9.84 Å². The van der Waals surface area contributed by atoms with E-state index in [2.05, 4.69) is 15.5 Å². The normalized spacial score (nSPS) is 11.4. The quantitative estimate of drug-likeness (QED) is 0.674. The molecule has 0 spiro atoms. The highest BCUT2D eigenvalue weighted by molar-refractivity contribution is 7.92. The number of hydrogen-bond donors (Lipinski definition) is 1. The monoisotopic (exact) mass is 406 g/mol. The van der Waals surface area contributed by atoms with Gasteiger partial charge in [0.1, 0.15) is 0 Å². The Labute approximate surface area is 160 Å². The number of carbonyl (C=O) groups is 1. The number of nitrogens with one attached hydrogen (secondary N) is 1. The van der Waals surface area contributed by atoms with E-state index in [0.717, 1.165) is 15.4 Å². The molecule has 0 radical (unpaired) electrons. The molecule has 1 amide bonds. The molecule has 8 nitrogen and oxygen atoms in total. The minimum absolute atomic E-state index is 0.0722. The summed E-state index contributed by atoms with van der Waals surface area (Å²) in [7, 11) is -1.98. The fraction of sp³-hybridized carbons (Fsp3) is 0.235. The third-order valence-electron chi connectivity index (χ3n) is 4.00. The van der Waals surface area contributed by atoms with Gasteiger partial charge in [0.15, 0.2) is 0 Å². The van der Waals surface area contributed by atoms with Crippen LogP contribution in [0.2, 0.25) is 0 Å². The summed E-state index contributed by atoms with van der Waals surface area (Å²) in [6.45, 7) is 1.77. The lowest BCUT2D eigenvalue weighted by Crippen LogP contribution is -2.28. The highest BCUT2D eigenvalue weighted by Crippen LogP contribution is 2.24. The van der Waals surface area contributed by atoms with Gasteiger partial charge in [0.05, 0.1) is 23.4 Å². The summed E-state index contributed by atoms with van der Waals surface area (Å²) in [5.41, 5.74) is 1.39. The number of carbonyl (C=O) groups excluding carboxylic acids is 1. The minimum Gasteiger partial charge on any atom is -0.343 e. The van der Waals surface area contributed by atoms with E-state index >= 15 is 0 Å². The molecule has 142 valence electrons. The van der Waals surface area contributed by atoms with Gasteiger partial charge in [0.25, 0.3) is 5.91 Å². The van der Waals surface area contributed by atoms with Crippen molar-refractivity contribution < 1.29 is 17.7 Å². The maximum Gasteiger partial charge on any atom is 0.252 e. The van der Waals surface area contributed by atoms with Crippen molar-refractivity contribution in [2.24, 2.45) is 0 Å². The first kappa shape index (κ1) is 19.1. The van der Waals surface area contributed by atoms with E-state index in [-0.39, 0.29) is 18.3 Å². The maximum absolute atomic E-state index is 12.5. The Kier molecular flexibility index (Phi) is 5.29. The van der Waals surface area contributed by atoms with Gasteiger partial charge in [0, 0.05) is 12.6 Å². The molecule has 0 aliphatic rings. The molecule has 0 saturated carbocycles. The van der Waals surface area contributed by atoms with E-state index in [1.807, 2.05) is 17.5 Å². The van der Waals surface area contributed by atoms with Crippen LogP contribution >= 0.6 is 11.3 Å². The Bertz CT molecular complexity index is 1060. The average Bonchev–Trinajstić information content (AvgIpc) is 3.29. The second-order valence-corrected chi connectivity index (χ2v) is 8.81. The van der Waals surface area contributed by atoms with Crippen molar-refractivity contribution >= 4 is 33.0 Å². The van der Waals surface area contributed by atoms with Crippen molar-refractivity contribution in [3.63, 3.8) is 0 Å². The highest BCUT2D eigenvalue weighted by atomic mass is 32.2. The van der Waals surface area contributed by atoms with Gasteiger partial charge in [-0.1, -0.05) is 17.3 Å². The fourth-order valence-electron chi connectivity index (χ4n) is 2.47. The van der Waals surface area contributed by atoms with Gasteiger partial charge in [-0.25, -0.2) is 8.42 Å². The number of nitrogens with zero attached hydrogens (tertiary/aromatic N) is 3. The largest absolute Gasteiger partial charge is 0.343 e. The first-order valence-corrected chi connectivity index (χ1v) is 10.7. The van der Waals surface area contributed by atoms with Crippen molar-refractivity contribution in [2.45, 2.75) is 13.5 Å². The number of aromatic nitrogens is 2. The lowest BCUT2D eigenvalue weighted by atomic mass is 10.1. The molecule has 3 rings (SSSR count). The molecule has 1 aromatic carbocycles. The Morgan fingerprint density at radius 3 is 2.74 bits per heavy atom. The maximum atomic E-state index is 12.5. The predicted octanol–water partition coefficient (Wildman–Crippen LogP) is 2.43. The molecule has 10 heteroatoms. The molecule has 0 aliphatic carbocycles. The van der Waals surface area contributed by atoms with Crippen molar-refractivity contribution in [3.8, 4) is 10.7 Å². The van der Waals surface area contributed by atoms with Gasteiger partial charge in [-0.2, -0.15) is 4.98 Å². The van der Waals surface area contributed by atoms with Crippen LogP contribution in [0.4, 0.5) is 5.69 Å². The minimum atomic E-state index is -3.43. The molecule has 0 unspecified atom stereocenters. The lowest BCUT2D eigenvalue weighted by Gasteiger charge is -2.20. The molecule has 3 aromatic rings. The summed E-state index contributed by atoms with van der Waals surface area (Å²) in [5.74, 6) is 0.406. The molecular weight excluding hydrogens is 388 g/mol. The number of amides is 1. The molecule has 1 N–H and O–H groups in total. The molecule has 0 bridgehead atoms. The molecule has 0 fully saturated rings. The van der Waals surface area contributed by atoms with Crippen LogP contribution in [0, 0.1) is 6.92 Å². The van der Waals surface area contributed by atoms with Crippen LogP contribution in [0.5, 0.6) is 0 Å². The van der Waals surface area contributed by atoms with Crippen LogP contribution in [0.1, 0.15) is 21.8 Å². The molecule has 27 heavy (non-hydrogen) atoms. The Morgan fingerprint density at radius 1 is 1.30 bits per heavy atom. The molecule has 0 aliphatic heterocycles. The van der Waals surface area contributed by atoms with Crippen molar-refractivity contribution in [1.29, 1.82) is 0 Å². The zero-order chi connectivity index (χ0) is 19.6. The third kappa shape index (κ3) is 4.17. The van der Waals surface area contributed by atoms with E-state index in [1.54, 1.807) is 25.1 Å². The number of hydrogen-bond acceptors (Lipinski definition) is 7. The van der Waals surface area contributed by atoms with E-state index in [9.17, 15) is 13.2 Å². The molecular formula is C17H18N4O4S2. The fourth-order valence-corrected chi connectivity index (χ4v) is 3.68. The van der Waals surface area contributed by atoms with Crippen LogP contribution in [0.25, 0.3) is 10.7 Å². The number of sulfonamides is 1. The van der Waals surface area contributed by atoms with E-state index in [4.69, 9.17) is 4.52 Å². The second-order valence-electron chi connectivity index (χ2n) is 5.85. The Morgan fingerprint density at radius 2 is 2.07 bits per heavy atom. The van der Waals surface area contributed by atoms with Crippen molar-refractivity contribution in [3.05, 3.63) is 52.7 Å². The summed E-state index contributed by atoms with van der Waals surface area (Å²) >= 11 is 1.49. The lowest BCUT2D eigenvalue weighted by molar-refractivity contribution is 0.0945. The van der Waals surface area contributed by atoms with Gasteiger partial charge in [0.2, 0.25) is 21.7 Å². The SMILES string of the molecule is Cc1c(C(=O)NCc2nc(-c3cccs3)no2)cccc1N(C)S(C)(=O)=O. The molecule has 2 heterocycles. The number of rotatable bonds is 6. The summed E-state index contributed by atoms with van der Waals surface area (Å²) < 4.78 is 29.8. The molecule has 0 atom stereocenters. The van der Waals surface area contributed by atoms with Crippen molar-refractivity contribution in [1.82, 2.24) is 15.5 Å². The second kappa shape index (κ2) is 7.49. The van der Waals surface area contributed by atoms with Crippen LogP contribution in [0.15, 0.2) is 40.2 Å². The number of benzene rings is 1. The summed E-state index contributed by atoms with van der Waals surface area (Å²) in [6, 6.07) is 8.69. The average molecular weight is 406 g/mol. The summed E-state index contributed by atoms with van der Waals surface area (Å²) in [4.78, 5) is 17.7. The molecule has 0 saturated heterocycles. The van der Waals surface area contributed by atoms with Gasteiger partial charge in [-0.15, -0.1) is 11.3 Å². The summed E-state index contributed by atoms with van der Waals surface area (Å²) in [6.07, 6.45) is 1.11. The standard InChI is InChI=1S/C17H18N4O4S2/c1-11-12(6-4-7-13(11)21(2)27(3,23)24)17(22)18-10-15-19-16(20-25-15)14-8-5-9-26-14/h4-9H,10H2,1-3H3,(H,18,22). The van der Waals surface area contributed by atoms with Crippen LogP contribution < -0.4 is 9.62 Å². The topological polar surface area (TPSA) is 105 Å². The zero-order valence-electron chi connectivity index (χ0n) is 15.0. The van der Waals surface area contributed by atoms with Gasteiger partial charge in [-0.05, 0) is 36.1 Å². The smallest absolute Gasteiger partial charge is 0.252 e. The van der Waals surface area contributed by atoms with Crippen molar-refractivity contribution in [2.75, 3.05) is 17.6 Å². The van der Waals surface area contributed by atoms with E-state index in [0.29, 0.717) is 22.6 Å². The van der Waals surface area contributed by atoms with Crippen LogP contribution in [-0.2, 0) is 16.6 Å². The first-order chi connectivity index (χ1) is 12.8. The third-order valence-corrected chi connectivity index (χ3v) is 6.05. The number of anilines is 1. The van der Waals surface area contributed by atoms with E-state index < -0.39 is 10.0 Å². The summed E-state index contributed by atoms with van der Waals surface area (Å²) in [5, 5.41) is 8.52. The highest BCUT2D eigenvalue weighted by Gasteiger charge is 2.19. The zero-order valence-corrected chi connectivity index (χ0v) is 16.6. The predicted molar refractivity (Wildman–Crippen MR) is 103 cm³/mol. The van der Waals surface area contributed by atoms with E-state index in [1.165, 1.54) is 18.4 Å². The Hall–Kier alpha value is -2.72. The van der Waals surface area contributed by atoms with Crippen LogP contribution in [-0.4, -0.2) is 37.8 Å². The van der Waals surface area contributed by atoms with Gasteiger partial charge >= 0.3 is 0 Å². The van der Waals surface area contributed by atoms with Gasteiger partial charge in [-0.3, -0.25) is 9.10 Å². The first-order valence-electron chi connectivity index (χ1n) is 7.95. The number of thiophene rings is 1.